The Labute approximate surface area is 106 Å². The number of hydrogen-bond acceptors (Lipinski definition) is 4. The highest BCUT2D eigenvalue weighted by Crippen LogP contribution is 2.32. The van der Waals surface area contributed by atoms with Crippen molar-refractivity contribution in [2.45, 2.75) is 6.92 Å². The van der Waals surface area contributed by atoms with Crippen LogP contribution in [0.1, 0.15) is 5.69 Å². The largest absolute Gasteiger partial charge is 0.493 e. The van der Waals surface area contributed by atoms with E-state index in [2.05, 4.69) is 4.98 Å². The maximum atomic E-state index is 5.87. The number of nitrogens with zero attached hydrogens (tertiary/aromatic N) is 1. The molecule has 18 heavy (non-hydrogen) atoms. The molecule has 2 N–H and O–H groups in total. The Kier molecular flexibility index (Phi) is 3.37. The van der Waals surface area contributed by atoms with Crippen molar-refractivity contribution < 1.29 is 9.47 Å². The molecule has 0 saturated carbocycles. The van der Waals surface area contributed by atoms with Gasteiger partial charge in [0.05, 0.1) is 25.6 Å². The minimum Gasteiger partial charge on any atom is -0.493 e. The molecular weight excluding hydrogens is 228 g/mol. The van der Waals surface area contributed by atoms with Crippen LogP contribution in [0, 0.1) is 6.92 Å². The molecule has 4 heteroatoms. The molecular formula is C14H16N2O2. The second kappa shape index (κ2) is 4.96. The first-order valence-electron chi connectivity index (χ1n) is 5.60. The van der Waals surface area contributed by atoms with Gasteiger partial charge in [-0.25, -0.2) is 0 Å². The number of nitrogen functional groups attached to an aromatic ring is 1. The molecule has 0 fully saturated rings. The topological polar surface area (TPSA) is 57.4 Å². The summed E-state index contributed by atoms with van der Waals surface area (Å²) in [5, 5.41) is 0. The zero-order valence-electron chi connectivity index (χ0n) is 10.7. The van der Waals surface area contributed by atoms with Gasteiger partial charge in [-0.1, -0.05) is 6.07 Å². The van der Waals surface area contributed by atoms with E-state index in [9.17, 15) is 0 Å². The molecule has 0 spiro atoms. The molecule has 94 valence electrons. The molecule has 0 atom stereocenters. The Bertz CT molecular complexity index is 568. The predicted molar refractivity (Wildman–Crippen MR) is 71.9 cm³/mol. The van der Waals surface area contributed by atoms with Gasteiger partial charge in [0.1, 0.15) is 0 Å². The molecule has 0 aliphatic heterocycles. The second-order valence-electron chi connectivity index (χ2n) is 3.97. The molecule has 2 aromatic rings. The molecule has 1 aromatic heterocycles. The highest BCUT2D eigenvalue weighted by atomic mass is 16.5. The number of ether oxygens (including phenoxy) is 2. The number of hydrogen-bond donors (Lipinski definition) is 1. The summed E-state index contributed by atoms with van der Waals surface area (Å²) in [6, 6.07) is 7.63. The molecule has 0 aliphatic carbocycles. The predicted octanol–water partition coefficient (Wildman–Crippen LogP) is 2.66. The van der Waals surface area contributed by atoms with Crippen LogP contribution < -0.4 is 15.2 Å². The van der Waals surface area contributed by atoms with Gasteiger partial charge >= 0.3 is 0 Å². The number of nitrogens with two attached hydrogens (primary N) is 1. The number of benzene rings is 1. The van der Waals surface area contributed by atoms with Gasteiger partial charge in [0.2, 0.25) is 0 Å². The molecule has 2 rings (SSSR count). The van der Waals surface area contributed by atoms with Crippen LogP contribution in [0.25, 0.3) is 11.1 Å². The van der Waals surface area contributed by atoms with E-state index >= 15 is 0 Å². The van der Waals surface area contributed by atoms with Gasteiger partial charge in [0.25, 0.3) is 0 Å². The summed E-state index contributed by atoms with van der Waals surface area (Å²) in [6.07, 6.45) is 1.80. The minimum absolute atomic E-state index is 0.683. The molecule has 0 aliphatic rings. The standard InChI is InChI=1S/C14H16N2O2/c1-9-12(15)6-11(8-16-9)10-4-5-13(17-2)14(7-10)18-3/h4-8H,15H2,1-3H3. The molecule has 4 nitrogen and oxygen atoms in total. The Hall–Kier alpha value is -2.23. The Morgan fingerprint density at radius 2 is 1.72 bits per heavy atom. The molecule has 1 aromatic carbocycles. The Balaban J connectivity index is 2.47. The van der Waals surface area contributed by atoms with Crippen molar-refractivity contribution in [2.75, 3.05) is 20.0 Å². The molecule has 0 bridgehead atoms. The Morgan fingerprint density at radius 1 is 1.00 bits per heavy atom. The van der Waals surface area contributed by atoms with E-state index in [1.807, 2.05) is 31.2 Å². The van der Waals surface area contributed by atoms with Crippen LogP contribution in [0.2, 0.25) is 0 Å². The van der Waals surface area contributed by atoms with Gasteiger partial charge in [0.15, 0.2) is 11.5 Å². The number of methoxy groups -OCH3 is 2. The number of pyridine rings is 1. The molecule has 0 saturated heterocycles. The first kappa shape index (κ1) is 12.2. The quantitative estimate of drug-likeness (QED) is 0.901. The summed E-state index contributed by atoms with van der Waals surface area (Å²) >= 11 is 0. The van der Waals surface area contributed by atoms with E-state index in [0.717, 1.165) is 16.8 Å². The Morgan fingerprint density at radius 3 is 2.33 bits per heavy atom. The van der Waals surface area contributed by atoms with Crippen LogP contribution in [0.5, 0.6) is 11.5 Å². The fraction of sp³-hybridized carbons (Fsp3) is 0.214. The van der Waals surface area contributed by atoms with Gasteiger partial charge in [-0.3, -0.25) is 4.98 Å². The van der Waals surface area contributed by atoms with Crippen molar-refractivity contribution in [1.29, 1.82) is 0 Å². The average Bonchev–Trinajstić information content (AvgIpc) is 2.41. The third-order valence-electron chi connectivity index (χ3n) is 2.84. The lowest BCUT2D eigenvalue weighted by Crippen LogP contribution is -1.94. The van der Waals surface area contributed by atoms with Crippen molar-refractivity contribution in [3.63, 3.8) is 0 Å². The van der Waals surface area contributed by atoms with Crippen molar-refractivity contribution in [1.82, 2.24) is 4.98 Å². The van der Waals surface area contributed by atoms with Crippen LogP contribution in [0.3, 0.4) is 0 Å². The SMILES string of the molecule is COc1ccc(-c2cnc(C)c(N)c2)cc1OC. The number of anilines is 1. The summed E-state index contributed by atoms with van der Waals surface area (Å²) < 4.78 is 10.5. The fourth-order valence-corrected chi connectivity index (χ4v) is 1.72. The molecule has 0 unspecified atom stereocenters. The van der Waals surface area contributed by atoms with Gasteiger partial charge in [-0.05, 0) is 30.7 Å². The maximum Gasteiger partial charge on any atom is 0.161 e. The van der Waals surface area contributed by atoms with Crippen molar-refractivity contribution in [2.24, 2.45) is 0 Å². The van der Waals surface area contributed by atoms with Crippen molar-refractivity contribution in [3.8, 4) is 22.6 Å². The average molecular weight is 244 g/mol. The smallest absolute Gasteiger partial charge is 0.161 e. The number of aromatic nitrogens is 1. The lowest BCUT2D eigenvalue weighted by molar-refractivity contribution is 0.355. The van der Waals surface area contributed by atoms with E-state index in [1.165, 1.54) is 0 Å². The first-order valence-corrected chi connectivity index (χ1v) is 5.60. The fourth-order valence-electron chi connectivity index (χ4n) is 1.72. The molecule has 0 radical (unpaired) electrons. The lowest BCUT2D eigenvalue weighted by Gasteiger charge is -2.10. The normalized spacial score (nSPS) is 10.2. The van der Waals surface area contributed by atoms with Gasteiger partial charge in [0, 0.05) is 11.8 Å². The van der Waals surface area contributed by atoms with Gasteiger partial charge < -0.3 is 15.2 Å². The van der Waals surface area contributed by atoms with E-state index in [4.69, 9.17) is 15.2 Å². The van der Waals surface area contributed by atoms with Gasteiger partial charge in [-0.2, -0.15) is 0 Å². The minimum atomic E-state index is 0.683. The van der Waals surface area contributed by atoms with Crippen molar-refractivity contribution >= 4 is 5.69 Å². The summed E-state index contributed by atoms with van der Waals surface area (Å²) in [4.78, 5) is 4.26. The van der Waals surface area contributed by atoms with Crippen LogP contribution in [0.4, 0.5) is 5.69 Å². The summed E-state index contributed by atoms with van der Waals surface area (Å²) in [6.45, 7) is 1.88. The zero-order valence-corrected chi connectivity index (χ0v) is 10.7. The zero-order chi connectivity index (χ0) is 13.1. The monoisotopic (exact) mass is 244 g/mol. The second-order valence-corrected chi connectivity index (χ2v) is 3.97. The van der Waals surface area contributed by atoms with E-state index in [0.29, 0.717) is 17.2 Å². The van der Waals surface area contributed by atoms with E-state index in [-0.39, 0.29) is 0 Å². The van der Waals surface area contributed by atoms with Crippen LogP contribution in [-0.4, -0.2) is 19.2 Å². The highest BCUT2D eigenvalue weighted by Gasteiger charge is 2.07. The summed E-state index contributed by atoms with van der Waals surface area (Å²) in [5.41, 5.74) is 9.33. The number of rotatable bonds is 3. The third kappa shape index (κ3) is 2.22. The summed E-state index contributed by atoms with van der Waals surface area (Å²) in [5.74, 6) is 1.39. The van der Waals surface area contributed by atoms with Crippen LogP contribution in [0.15, 0.2) is 30.5 Å². The first-order chi connectivity index (χ1) is 8.65. The number of aryl methyl sites for hydroxylation is 1. The third-order valence-corrected chi connectivity index (χ3v) is 2.84. The van der Waals surface area contributed by atoms with E-state index < -0.39 is 0 Å². The van der Waals surface area contributed by atoms with Crippen LogP contribution in [-0.2, 0) is 0 Å². The van der Waals surface area contributed by atoms with Gasteiger partial charge in [-0.15, -0.1) is 0 Å². The van der Waals surface area contributed by atoms with Crippen molar-refractivity contribution in [3.05, 3.63) is 36.2 Å². The lowest BCUT2D eigenvalue weighted by atomic mass is 10.1. The molecule has 1 heterocycles. The highest BCUT2D eigenvalue weighted by molar-refractivity contribution is 5.69. The van der Waals surface area contributed by atoms with Crippen LogP contribution >= 0.6 is 0 Å². The maximum absolute atomic E-state index is 5.87. The molecule has 0 amide bonds. The van der Waals surface area contributed by atoms with E-state index in [1.54, 1.807) is 20.4 Å². The summed E-state index contributed by atoms with van der Waals surface area (Å²) in [7, 11) is 3.23.